The molecule has 0 fully saturated rings. The van der Waals surface area contributed by atoms with Crippen LogP contribution in [-0.2, 0) is 5.41 Å². The number of fused-ring (bicyclic) bond motifs is 6. The average Bonchev–Trinajstić information content (AvgIpc) is 3.36. The van der Waals surface area contributed by atoms with Crippen LogP contribution in [0.15, 0.2) is 158 Å². The fourth-order valence-corrected chi connectivity index (χ4v) is 8.17. The van der Waals surface area contributed by atoms with Gasteiger partial charge in [-0.15, -0.1) is 0 Å². The standard InChI is InChI=1S/C47H32O/c1-47(2)42-16-10-9-15-37(42)39-24-33-18-17-31(23-34(33)27-43(39)47)32-19-22-44-40(25-32)38-21-20-36(30-13-7-4-8-14-30)41-26-35(28-45(48-44)46(38)41)29-11-5-3-6-12-29/h3-28H,1-2H3. The van der Waals surface area contributed by atoms with Gasteiger partial charge in [-0.1, -0.05) is 129 Å². The van der Waals surface area contributed by atoms with Crippen molar-refractivity contribution in [2.24, 2.45) is 0 Å². The van der Waals surface area contributed by atoms with Crippen LogP contribution in [0.25, 0.3) is 77.2 Å². The van der Waals surface area contributed by atoms with Crippen molar-refractivity contribution in [3.63, 3.8) is 0 Å². The minimum Gasteiger partial charge on any atom is -0.456 e. The van der Waals surface area contributed by atoms with E-state index >= 15 is 0 Å². The normalized spacial score (nSPS) is 13.5. The molecule has 1 heterocycles. The molecule has 1 aliphatic carbocycles. The van der Waals surface area contributed by atoms with Crippen LogP contribution in [-0.4, -0.2) is 0 Å². The topological polar surface area (TPSA) is 9.23 Å². The van der Waals surface area contributed by atoms with Gasteiger partial charge in [0.1, 0.15) is 11.5 Å². The maximum absolute atomic E-state index is 6.77. The molecular formula is C47H32O. The maximum atomic E-state index is 6.77. The molecule has 0 atom stereocenters. The second-order valence-corrected chi connectivity index (χ2v) is 13.7. The molecule has 0 N–H and O–H groups in total. The van der Waals surface area contributed by atoms with E-state index in [0.29, 0.717) is 0 Å². The van der Waals surface area contributed by atoms with Crippen LogP contribution in [0.3, 0.4) is 0 Å². The summed E-state index contributed by atoms with van der Waals surface area (Å²) in [6.07, 6.45) is 0. The van der Waals surface area contributed by atoms with Gasteiger partial charge in [-0.3, -0.25) is 0 Å². The highest BCUT2D eigenvalue weighted by Crippen LogP contribution is 2.52. The fraction of sp³-hybridized carbons (Fsp3) is 0.0638. The van der Waals surface area contributed by atoms with Crippen molar-refractivity contribution < 1.29 is 4.74 Å². The summed E-state index contributed by atoms with van der Waals surface area (Å²) in [7, 11) is 0. The SMILES string of the molecule is CC1(C)c2ccccc2-c2cc3ccc(-c4ccc5c(c4)-c4ccc(-c6ccccc6)c6cc(-c7ccccc7)cc(c46)O5)cc3cc21. The fourth-order valence-electron chi connectivity index (χ4n) is 8.17. The second-order valence-electron chi connectivity index (χ2n) is 13.7. The highest BCUT2D eigenvalue weighted by Gasteiger charge is 2.35. The molecule has 0 aromatic heterocycles. The Kier molecular flexibility index (Phi) is 5.69. The highest BCUT2D eigenvalue weighted by molar-refractivity contribution is 6.12. The van der Waals surface area contributed by atoms with Gasteiger partial charge in [-0.2, -0.15) is 0 Å². The van der Waals surface area contributed by atoms with Crippen LogP contribution >= 0.6 is 0 Å². The molecule has 0 bridgehead atoms. The van der Waals surface area contributed by atoms with Crippen LogP contribution in [0.2, 0.25) is 0 Å². The summed E-state index contributed by atoms with van der Waals surface area (Å²) in [6.45, 7) is 4.70. The van der Waals surface area contributed by atoms with Gasteiger partial charge in [0.2, 0.25) is 0 Å². The largest absolute Gasteiger partial charge is 0.456 e. The zero-order chi connectivity index (χ0) is 32.0. The quantitative estimate of drug-likeness (QED) is 0.193. The third-order valence-corrected chi connectivity index (χ3v) is 10.6. The predicted octanol–water partition coefficient (Wildman–Crippen LogP) is 13.1. The Balaban J connectivity index is 1.13. The molecule has 0 unspecified atom stereocenters. The first-order chi connectivity index (χ1) is 23.5. The number of benzene rings is 8. The zero-order valence-corrected chi connectivity index (χ0v) is 26.9. The van der Waals surface area contributed by atoms with Crippen LogP contribution in [0.5, 0.6) is 11.5 Å². The van der Waals surface area contributed by atoms with Crippen molar-refractivity contribution in [2.75, 3.05) is 0 Å². The summed E-state index contributed by atoms with van der Waals surface area (Å²) in [4.78, 5) is 0. The molecule has 0 radical (unpaired) electrons. The Morgan fingerprint density at radius 1 is 0.375 bits per heavy atom. The Labute approximate surface area is 280 Å². The zero-order valence-electron chi connectivity index (χ0n) is 26.9. The third-order valence-electron chi connectivity index (χ3n) is 10.6. The minimum absolute atomic E-state index is 0.0235. The molecule has 8 aromatic carbocycles. The summed E-state index contributed by atoms with van der Waals surface area (Å²) in [5.41, 5.74) is 15.0. The summed E-state index contributed by atoms with van der Waals surface area (Å²) in [5.74, 6) is 1.80. The molecule has 1 heteroatoms. The lowest BCUT2D eigenvalue weighted by Gasteiger charge is -2.24. The van der Waals surface area contributed by atoms with Gasteiger partial charge in [0.05, 0.1) is 0 Å². The Hall–Kier alpha value is -5.92. The number of hydrogen-bond acceptors (Lipinski definition) is 1. The predicted molar refractivity (Wildman–Crippen MR) is 201 cm³/mol. The van der Waals surface area contributed by atoms with E-state index in [1.54, 1.807) is 0 Å². The van der Waals surface area contributed by atoms with E-state index in [4.69, 9.17) is 4.74 Å². The molecule has 226 valence electrons. The molecule has 2 aliphatic rings. The van der Waals surface area contributed by atoms with Gasteiger partial charge in [0.15, 0.2) is 0 Å². The molecule has 10 rings (SSSR count). The summed E-state index contributed by atoms with van der Waals surface area (Å²) < 4.78 is 6.77. The van der Waals surface area contributed by atoms with Crippen molar-refractivity contribution in [1.82, 2.24) is 0 Å². The molecule has 0 spiro atoms. The molecule has 8 aromatic rings. The first-order valence-corrected chi connectivity index (χ1v) is 16.8. The Morgan fingerprint density at radius 3 is 1.92 bits per heavy atom. The van der Waals surface area contributed by atoms with Crippen molar-refractivity contribution in [3.8, 4) is 67.1 Å². The van der Waals surface area contributed by atoms with Gasteiger partial charge < -0.3 is 4.74 Å². The Morgan fingerprint density at radius 2 is 1.08 bits per heavy atom. The molecular weight excluding hydrogens is 581 g/mol. The lowest BCUT2D eigenvalue weighted by atomic mass is 9.82. The van der Waals surface area contributed by atoms with Crippen molar-refractivity contribution in [3.05, 3.63) is 169 Å². The van der Waals surface area contributed by atoms with Crippen molar-refractivity contribution in [1.29, 1.82) is 0 Å². The van der Waals surface area contributed by atoms with E-state index in [1.165, 1.54) is 71.8 Å². The van der Waals surface area contributed by atoms with E-state index in [1.807, 2.05) is 0 Å². The van der Waals surface area contributed by atoms with Gasteiger partial charge in [0, 0.05) is 16.4 Å². The molecule has 0 amide bonds. The average molecular weight is 613 g/mol. The molecule has 48 heavy (non-hydrogen) atoms. The van der Waals surface area contributed by atoms with Gasteiger partial charge >= 0.3 is 0 Å². The first-order valence-electron chi connectivity index (χ1n) is 16.8. The van der Waals surface area contributed by atoms with E-state index in [-0.39, 0.29) is 5.41 Å². The van der Waals surface area contributed by atoms with Crippen molar-refractivity contribution >= 4 is 21.5 Å². The molecule has 0 saturated heterocycles. The maximum Gasteiger partial charge on any atom is 0.136 e. The molecule has 1 aliphatic heterocycles. The summed E-state index contributed by atoms with van der Waals surface area (Å²) in [5, 5.41) is 4.91. The molecule has 1 nitrogen and oxygen atoms in total. The first kappa shape index (κ1) is 27.2. The van der Waals surface area contributed by atoms with E-state index < -0.39 is 0 Å². The van der Waals surface area contributed by atoms with Gasteiger partial charge in [-0.05, 0) is 120 Å². The van der Waals surface area contributed by atoms with Crippen LogP contribution < -0.4 is 4.74 Å². The van der Waals surface area contributed by atoms with Gasteiger partial charge in [0.25, 0.3) is 0 Å². The Bertz CT molecular complexity index is 2590. The highest BCUT2D eigenvalue weighted by atomic mass is 16.5. The summed E-state index contributed by atoms with van der Waals surface area (Å²) in [6, 6.07) is 57.6. The smallest absolute Gasteiger partial charge is 0.136 e. The number of hydrogen-bond donors (Lipinski definition) is 0. The van der Waals surface area contributed by atoms with Crippen molar-refractivity contribution in [2.45, 2.75) is 19.3 Å². The van der Waals surface area contributed by atoms with E-state index in [2.05, 4.69) is 172 Å². The lowest BCUT2D eigenvalue weighted by Crippen LogP contribution is -2.14. The van der Waals surface area contributed by atoms with Crippen LogP contribution in [0.4, 0.5) is 0 Å². The lowest BCUT2D eigenvalue weighted by molar-refractivity contribution is 0.487. The second kappa shape index (κ2) is 10.0. The number of rotatable bonds is 3. The van der Waals surface area contributed by atoms with Crippen LogP contribution in [0, 0.1) is 0 Å². The number of ether oxygens (including phenoxy) is 1. The monoisotopic (exact) mass is 612 g/mol. The van der Waals surface area contributed by atoms with E-state index in [9.17, 15) is 0 Å². The van der Waals surface area contributed by atoms with E-state index in [0.717, 1.165) is 28.0 Å². The molecule has 0 saturated carbocycles. The minimum atomic E-state index is -0.0235. The summed E-state index contributed by atoms with van der Waals surface area (Å²) >= 11 is 0. The third kappa shape index (κ3) is 3.98. The van der Waals surface area contributed by atoms with Crippen LogP contribution in [0.1, 0.15) is 25.0 Å². The van der Waals surface area contributed by atoms with Gasteiger partial charge in [-0.25, -0.2) is 0 Å².